The molecule has 3 rings (SSSR count). The number of pyridine rings is 1. The van der Waals surface area contributed by atoms with Crippen molar-refractivity contribution in [3.63, 3.8) is 0 Å². The minimum Gasteiger partial charge on any atom is -0.314 e. The quantitative estimate of drug-likeness (QED) is 0.819. The molecule has 2 nitrogen and oxygen atoms in total. The topological polar surface area (TPSA) is 24.9 Å². The van der Waals surface area contributed by atoms with Crippen LogP contribution in [0.25, 0.3) is 16.5 Å². The minimum atomic E-state index is 0.799. The molecule has 19 heavy (non-hydrogen) atoms. The maximum absolute atomic E-state index is 4.51. The summed E-state index contributed by atoms with van der Waals surface area (Å²) in [7, 11) is 0. The Labute approximate surface area is 114 Å². The summed E-state index contributed by atoms with van der Waals surface area (Å²) in [5, 5.41) is 4.75. The second-order valence-corrected chi connectivity index (χ2v) is 5.28. The van der Waals surface area contributed by atoms with E-state index in [4.69, 9.17) is 0 Å². The Morgan fingerprint density at radius 1 is 1.32 bits per heavy atom. The van der Waals surface area contributed by atoms with Crippen molar-refractivity contribution >= 4 is 16.5 Å². The number of para-hydroxylation sites is 1. The third-order valence-electron chi connectivity index (χ3n) is 3.66. The maximum atomic E-state index is 4.51. The summed E-state index contributed by atoms with van der Waals surface area (Å²) in [6, 6.07) is 11.3. The summed E-state index contributed by atoms with van der Waals surface area (Å²) in [5.41, 5.74) is 3.68. The highest BCUT2D eigenvalue weighted by atomic mass is 14.9. The second-order valence-electron chi connectivity index (χ2n) is 5.28. The highest BCUT2D eigenvalue weighted by Gasteiger charge is 2.19. The SMILES string of the molecule is C/C(=C/CCNC1CC1)c1cccc2cccnc12. The van der Waals surface area contributed by atoms with Gasteiger partial charge in [-0.25, -0.2) is 0 Å². The number of aromatic nitrogens is 1. The number of rotatable bonds is 5. The molecule has 0 aliphatic heterocycles. The first kappa shape index (κ1) is 12.4. The first-order valence-electron chi connectivity index (χ1n) is 7.09. The number of nitrogens with zero attached hydrogens (tertiary/aromatic N) is 1. The van der Waals surface area contributed by atoms with Crippen molar-refractivity contribution in [2.75, 3.05) is 6.54 Å². The van der Waals surface area contributed by atoms with Crippen LogP contribution in [0, 0.1) is 0 Å². The zero-order valence-corrected chi connectivity index (χ0v) is 11.4. The van der Waals surface area contributed by atoms with Gasteiger partial charge in [-0.3, -0.25) is 4.98 Å². The summed E-state index contributed by atoms with van der Waals surface area (Å²) in [5.74, 6) is 0. The Morgan fingerprint density at radius 3 is 3.00 bits per heavy atom. The highest BCUT2D eigenvalue weighted by molar-refractivity contribution is 5.90. The average molecular weight is 252 g/mol. The molecule has 0 amide bonds. The largest absolute Gasteiger partial charge is 0.314 e. The molecule has 0 unspecified atom stereocenters. The van der Waals surface area contributed by atoms with Crippen molar-refractivity contribution in [1.29, 1.82) is 0 Å². The Balaban J connectivity index is 1.76. The molecule has 2 heteroatoms. The number of nitrogens with one attached hydrogen (secondary N) is 1. The van der Waals surface area contributed by atoms with E-state index >= 15 is 0 Å². The van der Waals surface area contributed by atoms with E-state index in [-0.39, 0.29) is 0 Å². The first-order chi connectivity index (χ1) is 9.34. The zero-order chi connectivity index (χ0) is 13.1. The molecule has 0 radical (unpaired) electrons. The van der Waals surface area contributed by atoms with Gasteiger partial charge in [0.15, 0.2) is 0 Å². The van der Waals surface area contributed by atoms with Gasteiger partial charge >= 0.3 is 0 Å². The van der Waals surface area contributed by atoms with E-state index in [1.54, 1.807) is 0 Å². The van der Waals surface area contributed by atoms with Crippen molar-refractivity contribution in [1.82, 2.24) is 10.3 Å². The lowest BCUT2D eigenvalue weighted by atomic mass is 10.0. The molecule has 0 spiro atoms. The van der Waals surface area contributed by atoms with Crippen molar-refractivity contribution in [2.24, 2.45) is 0 Å². The van der Waals surface area contributed by atoms with Crippen LogP contribution in [-0.4, -0.2) is 17.6 Å². The molecule has 0 atom stereocenters. The van der Waals surface area contributed by atoms with Gasteiger partial charge in [-0.05, 0) is 44.4 Å². The summed E-state index contributed by atoms with van der Waals surface area (Å²) in [4.78, 5) is 4.51. The van der Waals surface area contributed by atoms with Crippen LogP contribution in [0.2, 0.25) is 0 Å². The fourth-order valence-electron chi connectivity index (χ4n) is 2.40. The standard InChI is InChI=1S/C17H20N2/c1-13(5-3-11-18-15-9-10-15)16-8-2-6-14-7-4-12-19-17(14)16/h2,4-8,12,15,18H,3,9-11H2,1H3/b13-5-. The second kappa shape index (κ2) is 5.54. The van der Waals surface area contributed by atoms with Gasteiger partial charge in [0.05, 0.1) is 5.52 Å². The highest BCUT2D eigenvalue weighted by Crippen LogP contribution is 2.23. The Morgan fingerprint density at radius 2 is 2.16 bits per heavy atom. The fraction of sp³-hybridized carbons (Fsp3) is 0.353. The number of hydrogen-bond donors (Lipinski definition) is 1. The van der Waals surface area contributed by atoms with Crippen molar-refractivity contribution < 1.29 is 0 Å². The summed E-state index contributed by atoms with van der Waals surface area (Å²) in [6.45, 7) is 3.26. The van der Waals surface area contributed by atoms with Gasteiger partial charge < -0.3 is 5.32 Å². The van der Waals surface area contributed by atoms with Crippen LogP contribution in [0.5, 0.6) is 0 Å². The molecule has 1 aliphatic carbocycles. The van der Waals surface area contributed by atoms with E-state index in [0.717, 1.165) is 24.5 Å². The van der Waals surface area contributed by atoms with E-state index < -0.39 is 0 Å². The van der Waals surface area contributed by atoms with Gasteiger partial charge in [-0.15, -0.1) is 0 Å². The molecule has 98 valence electrons. The van der Waals surface area contributed by atoms with Crippen LogP contribution in [0.15, 0.2) is 42.6 Å². The lowest BCUT2D eigenvalue weighted by Gasteiger charge is -2.06. The maximum Gasteiger partial charge on any atom is 0.0776 e. The number of allylic oxidation sites excluding steroid dienone is 1. The Bertz CT molecular complexity index is 592. The van der Waals surface area contributed by atoms with Crippen LogP contribution in [0.4, 0.5) is 0 Å². The molecule has 1 fully saturated rings. The number of fused-ring (bicyclic) bond motifs is 1. The monoisotopic (exact) mass is 252 g/mol. The summed E-state index contributed by atoms with van der Waals surface area (Å²) >= 11 is 0. The Hall–Kier alpha value is -1.67. The third-order valence-corrected chi connectivity index (χ3v) is 3.66. The van der Waals surface area contributed by atoms with Crippen LogP contribution >= 0.6 is 0 Å². The third kappa shape index (κ3) is 3.02. The van der Waals surface area contributed by atoms with Crippen molar-refractivity contribution in [2.45, 2.75) is 32.2 Å². The molecule has 0 saturated heterocycles. The number of benzene rings is 1. The van der Waals surface area contributed by atoms with Crippen molar-refractivity contribution in [3.8, 4) is 0 Å². The Kier molecular flexibility index (Phi) is 3.60. The van der Waals surface area contributed by atoms with Gasteiger partial charge in [-0.1, -0.05) is 30.3 Å². The number of hydrogen-bond acceptors (Lipinski definition) is 2. The van der Waals surface area contributed by atoms with E-state index in [9.17, 15) is 0 Å². The van der Waals surface area contributed by atoms with E-state index in [2.05, 4.69) is 47.6 Å². The van der Waals surface area contributed by atoms with E-state index in [1.807, 2.05) is 12.3 Å². The van der Waals surface area contributed by atoms with Crippen LogP contribution in [0.3, 0.4) is 0 Å². The molecule has 1 heterocycles. The van der Waals surface area contributed by atoms with Crippen LogP contribution < -0.4 is 5.32 Å². The molecule has 1 saturated carbocycles. The van der Waals surface area contributed by atoms with Gasteiger partial charge in [0.1, 0.15) is 0 Å². The van der Waals surface area contributed by atoms with Gasteiger partial charge in [0, 0.05) is 23.2 Å². The summed E-state index contributed by atoms with van der Waals surface area (Å²) in [6.07, 6.45) is 7.99. The minimum absolute atomic E-state index is 0.799. The normalized spacial score (nSPS) is 15.9. The van der Waals surface area contributed by atoms with Gasteiger partial charge in [0.25, 0.3) is 0 Å². The molecule has 1 aromatic carbocycles. The van der Waals surface area contributed by atoms with Crippen LogP contribution in [0.1, 0.15) is 31.7 Å². The van der Waals surface area contributed by atoms with Gasteiger partial charge in [-0.2, -0.15) is 0 Å². The predicted molar refractivity (Wildman–Crippen MR) is 81.0 cm³/mol. The lowest BCUT2D eigenvalue weighted by molar-refractivity contribution is 0.690. The van der Waals surface area contributed by atoms with E-state index in [0.29, 0.717) is 0 Å². The van der Waals surface area contributed by atoms with E-state index in [1.165, 1.54) is 29.4 Å². The molecular weight excluding hydrogens is 232 g/mol. The summed E-state index contributed by atoms with van der Waals surface area (Å²) < 4.78 is 0. The first-order valence-corrected chi connectivity index (χ1v) is 7.09. The van der Waals surface area contributed by atoms with Gasteiger partial charge in [0.2, 0.25) is 0 Å². The molecule has 1 N–H and O–H groups in total. The zero-order valence-electron chi connectivity index (χ0n) is 11.4. The smallest absolute Gasteiger partial charge is 0.0776 e. The van der Waals surface area contributed by atoms with Crippen molar-refractivity contribution in [3.05, 3.63) is 48.2 Å². The molecular formula is C17H20N2. The fourth-order valence-corrected chi connectivity index (χ4v) is 2.40. The molecule has 1 aromatic heterocycles. The molecule has 2 aromatic rings. The molecule has 0 bridgehead atoms. The molecule has 1 aliphatic rings. The van der Waals surface area contributed by atoms with Crippen LogP contribution in [-0.2, 0) is 0 Å². The predicted octanol–water partition coefficient (Wildman–Crippen LogP) is 3.78. The lowest BCUT2D eigenvalue weighted by Crippen LogP contribution is -2.16. The average Bonchev–Trinajstić information content (AvgIpc) is 3.27.